The van der Waals surface area contributed by atoms with Crippen LogP contribution in [0, 0.1) is 17.6 Å². The van der Waals surface area contributed by atoms with Gasteiger partial charge >= 0.3 is 0 Å². The summed E-state index contributed by atoms with van der Waals surface area (Å²) in [4.78, 5) is 28.4. The molecule has 2 amide bonds. The monoisotopic (exact) mass is 378 g/mol. The number of halogens is 2. The zero-order chi connectivity index (χ0) is 19.0. The maximum Gasteiger partial charge on any atom is 0.254 e. The molecule has 1 aromatic rings. The van der Waals surface area contributed by atoms with Crippen molar-refractivity contribution in [3.63, 3.8) is 0 Å². The zero-order valence-corrected chi connectivity index (χ0v) is 15.2. The van der Waals surface area contributed by atoms with Gasteiger partial charge < -0.3 is 14.5 Å². The van der Waals surface area contributed by atoms with E-state index in [9.17, 15) is 18.4 Å². The highest BCUT2D eigenvalue weighted by molar-refractivity contribution is 5.94. The average Bonchev–Trinajstić information content (AvgIpc) is 3.40. The Balaban J connectivity index is 1.27. The van der Waals surface area contributed by atoms with Gasteiger partial charge in [-0.05, 0) is 43.7 Å². The number of hydrogen-bond acceptors (Lipinski definition) is 3. The largest absolute Gasteiger partial charge is 0.365 e. The molecule has 146 valence electrons. The second-order valence-corrected chi connectivity index (χ2v) is 7.79. The fourth-order valence-electron chi connectivity index (χ4n) is 3.92. The zero-order valence-electron chi connectivity index (χ0n) is 15.2. The molecule has 0 radical (unpaired) electrons. The van der Waals surface area contributed by atoms with Crippen molar-refractivity contribution < 1.29 is 23.1 Å². The summed E-state index contributed by atoms with van der Waals surface area (Å²) >= 11 is 0. The summed E-state index contributed by atoms with van der Waals surface area (Å²) in [6.07, 6.45) is 3.98. The summed E-state index contributed by atoms with van der Waals surface area (Å²) in [5.41, 5.74) is 0.0218. The lowest BCUT2D eigenvalue weighted by atomic mass is 10.1. The van der Waals surface area contributed by atoms with Crippen LogP contribution >= 0.6 is 0 Å². The van der Waals surface area contributed by atoms with Crippen molar-refractivity contribution in [1.82, 2.24) is 9.80 Å². The minimum atomic E-state index is -0.757. The van der Waals surface area contributed by atoms with Crippen LogP contribution in [-0.2, 0) is 9.53 Å². The molecule has 3 aliphatic rings. The molecule has 3 fully saturated rings. The van der Waals surface area contributed by atoms with Crippen LogP contribution in [0.1, 0.15) is 42.5 Å². The Morgan fingerprint density at radius 1 is 1.00 bits per heavy atom. The second-order valence-electron chi connectivity index (χ2n) is 7.79. The van der Waals surface area contributed by atoms with E-state index in [1.807, 2.05) is 4.90 Å². The molecule has 2 heterocycles. The van der Waals surface area contributed by atoms with Crippen LogP contribution in [0.4, 0.5) is 8.78 Å². The van der Waals surface area contributed by atoms with E-state index >= 15 is 0 Å². The van der Waals surface area contributed by atoms with Gasteiger partial charge in [-0.15, -0.1) is 0 Å². The SMILES string of the molecule is O=C(c1cc(F)cc(F)c1)N1CCC(OC2CCN(CC3CC3)C2=O)CC1. The van der Waals surface area contributed by atoms with Crippen molar-refractivity contribution in [2.45, 2.75) is 44.3 Å². The van der Waals surface area contributed by atoms with Gasteiger partial charge in [0, 0.05) is 44.2 Å². The topological polar surface area (TPSA) is 49.9 Å². The molecule has 2 aliphatic heterocycles. The minimum Gasteiger partial charge on any atom is -0.365 e. The molecule has 1 unspecified atom stereocenters. The molecule has 0 bridgehead atoms. The van der Waals surface area contributed by atoms with Crippen molar-refractivity contribution >= 4 is 11.8 Å². The van der Waals surface area contributed by atoms with Crippen LogP contribution in [0.15, 0.2) is 18.2 Å². The summed E-state index contributed by atoms with van der Waals surface area (Å²) in [7, 11) is 0. The number of ether oxygens (including phenoxy) is 1. The molecular formula is C20H24F2N2O3. The van der Waals surface area contributed by atoms with Crippen LogP contribution in [0.5, 0.6) is 0 Å². The molecule has 5 nitrogen and oxygen atoms in total. The molecule has 4 rings (SSSR count). The number of benzene rings is 1. The molecule has 1 saturated carbocycles. The third-order valence-electron chi connectivity index (χ3n) is 5.62. The molecule has 7 heteroatoms. The highest BCUT2D eigenvalue weighted by atomic mass is 19.1. The molecule has 1 aliphatic carbocycles. The maximum atomic E-state index is 13.3. The van der Waals surface area contributed by atoms with E-state index in [-0.39, 0.29) is 29.6 Å². The highest BCUT2D eigenvalue weighted by Gasteiger charge is 2.37. The third-order valence-corrected chi connectivity index (χ3v) is 5.62. The summed E-state index contributed by atoms with van der Waals surface area (Å²) in [6, 6.07) is 2.86. The number of hydrogen-bond donors (Lipinski definition) is 0. The molecular weight excluding hydrogens is 354 g/mol. The normalized spacial score (nSPS) is 23.9. The van der Waals surface area contributed by atoms with Gasteiger partial charge in [0.15, 0.2) is 0 Å². The Morgan fingerprint density at radius 2 is 1.67 bits per heavy atom. The Bertz CT molecular complexity index is 710. The van der Waals surface area contributed by atoms with Gasteiger partial charge in [-0.3, -0.25) is 9.59 Å². The number of carbonyl (C=O) groups is 2. The number of carbonyl (C=O) groups excluding carboxylic acids is 2. The first-order valence-corrected chi connectivity index (χ1v) is 9.69. The lowest BCUT2D eigenvalue weighted by molar-refractivity contribution is -0.142. The van der Waals surface area contributed by atoms with Crippen LogP contribution in [0.3, 0.4) is 0 Å². The number of piperidine rings is 1. The number of amides is 2. The predicted molar refractivity (Wildman–Crippen MR) is 94.1 cm³/mol. The van der Waals surface area contributed by atoms with Crippen LogP contribution in [-0.4, -0.2) is 60.0 Å². The van der Waals surface area contributed by atoms with E-state index in [4.69, 9.17) is 4.74 Å². The van der Waals surface area contributed by atoms with Crippen molar-refractivity contribution in [2.75, 3.05) is 26.2 Å². The smallest absolute Gasteiger partial charge is 0.254 e. The fraction of sp³-hybridized carbons (Fsp3) is 0.600. The van der Waals surface area contributed by atoms with Crippen molar-refractivity contribution in [1.29, 1.82) is 0 Å². The second kappa shape index (κ2) is 7.54. The van der Waals surface area contributed by atoms with Gasteiger partial charge in [-0.25, -0.2) is 8.78 Å². The summed E-state index contributed by atoms with van der Waals surface area (Å²) in [5, 5.41) is 0. The average molecular weight is 378 g/mol. The van der Waals surface area contributed by atoms with E-state index in [1.165, 1.54) is 12.8 Å². The Kier molecular flexibility index (Phi) is 5.12. The van der Waals surface area contributed by atoms with Crippen LogP contribution < -0.4 is 0 Å². The standard InChI is InChI=1S/C20H24F2N2O3/c21-15-9-14(10-16(22)11-15)19(25)23-6-3-17(4-7-23)27-18-5-8-24(20(18)26)12-13-1-2-13/h9-11,13,17-18H,1-8,12H2. The van der Waals surface area contributed by atoms with Crippen LogP contribution in [0.2, 0.25) is 0 Å². The van der Waals surface area contributed by atoms with Gasteiger partial charge in [0.1, 0.15) is 17.7 Å². The Morgan fingerprint density at radius 3 is 2.30 bits per heavy atom. The molecule has 1 atom stereocenters. The van der Waals surface area contributed by atoms with E-state index < -0.39 is 11.6 Å². The number of rotatable bonds is 5. The lowest BCUT2D eigenvalue weighted by Gasteiger charge is -2.33. The predicted octanol–water partition coefficient (Wildman–Crippen LogP) is 2.60. The minimum absolute atomic E-state index is 0.0218. The van der Waals surface area contributed by atoms with Gasteiger partial charge in [0.05, 0.1) is 6.10 Å². The van der Waals surface area contributed by atoms with Gasteiger partial charge in [0.25, 0.3) is 11.8 Å². The summed E-state index contributed by atoms with van der Waals surface area (Å²) < 4.78 is 32.7. The highest BCUT2D eigenvalue weighted by Crippen LogP contribution is 2.32. The molecule has 0 N–H and O–H groups in total. The summed E-state index contributed by atoms with van der Waals surface area (Å²) in [6.45, 7) is 2.53. The van der Waals surface area contributed by atoms with Crippen molar-refractivity contribution in [3.8, 4) is 0 Å². The van der Waals surface area contributed by atoms with E-state index in [0.29, 0.717) is 31.8 Å². The Hall–Kier alpha value is -2.02. The number of likely N-dealkylation sites (tertiary alicyclic amines) is 2. The first-order valence-electron chi connectivity index (χ1n) is 9.69. The Labute approximate surface area is 157 Å². The van der Waals surface area contributed by atoms with Crippen molar-refractivity contribution in [3.05, 3.63) is 35.4 Å². The van der Waals surface area contributed by atoms with Crippen LogP contribution in [0.25, 0.3) is 0 Å². The third kappa shape index (κ3) is 4.29. The first-order chi connectivity index (χ1) is 13.0. The fourth-order valence-corrected chi connectivity index (χ4v) is 3.92. The van der Waals surface area contributed by atoms with E-state index in [1.54, 1.807) is 4.90 Å². The molecule has 0 aromatic heterocycles. The van der Waals surface area contributed by atoms with Gasteiger partial charge in [-0.2, -0.15) is 0 Å². The van der Waals surface area contributed by atoms with E-state index in [0.717, 1.165) is 37.7 Å². The molecule has 27 heavy (non-hydrogen) atoms. The molecule has 1 aromatic carbocycles. The molecule has 0 spiro atoms. The van der Waals surface area contributed by atoms with Gasteiger partial charge in [0.2, 0.25) is 0 Å². The quantitative estimate of drug-likeness (QED) is 0.791. The summed E-state index contributed by atoms with van der Waals surface area (Å²) in [5.74, 6) is -1.12. The van der Waals surface area contributed by atoms with Crippen molar-refractivity contribution in [2.24, 2.45) is 5.92 Å². The van der Waals surface area contributed by atoms with E-state index in [2.05, 4.69) is 0 Å². The first kappa shape index (κ1) is 18.3. The maximum absolute atomic E-state index is 13.3. The van der Waals surface area contributed by atoms with Gasteiger partial charge in [-0.1, -0.05) is 0 Å². The lowest BCUT2D eigenvalue weighted by Crippen LogP contribution is -2.43. The molecule has 2 saturated heterocycles. The number of nitrogens with zero attached hydrogens (tertiary/aromatic N) is 2.